The molecule has 0 amide bonds. The van der Waals surface area contributed by atoms with E-state index in [1.165, 1.54) is 25.7 Å². The van der Waals surface area contributed by atoms with Gasteiger partial charge in [0, 0.05) is 0 Å². The summed E-state index contributed by atoms with van der Waals surface area (Å²) in [5.41, 5.74) is 0. The second-order valence-electron chi connectivity index (χ2n) is 5.26. The largest absolute Gasteiger partial charge is 0.0625 e. The van der Waals surface area contributed by atoms with E-state index in [4.69, 9.17) is 0 Å². The van der Waals surface area contributed by atoms with Gasteiger partial charge in [0.1, 0.15) is 0 Å². The highest BCUT2D eigenvalue weighted by atomic mass is 14.4. The van der Waals surface area contributed by atoms with E-state index in [0.717, 1.165) is 23.7 Å². The van der Waals surface area contributed by atoms with Crippen LogP contribution in [-0.2, 0) is 0 Å². The van der Waals surface area contributed by atoms with E-state index in [2.05, 4.69) is 13.8 Å². The quantitative estimate of drug-likeness (QED) is 0.512. The third kappa shape index (κ3) is 1.53. The van der Waals surface area contributed by atoms with E-state index in [1.807, 2.05) is 0 Å². The van der Waals surface area contributed by atoms with Crippen molar-refractivity contribution in [2.45, 2.75) is 52.4 Å². The highest BCUT2D eigenvalue weighted by molar-refractivity contribution is 4.85. The van der Waals surface area contributed by atoms with Crippen molar-refractivity contribution in [3.8, 4) is 0 Å². The first-order valence-electron chi connectivity index (χ1n) is 5.77. The fourth-order valence-corrected chi connectivity index (χ4v) is 3.70. The number of hydrogen-bond donors (Lipinski definition) is 0. The van der Waals surface area contributed by atoms with Gasteiger partial charge in [0.25, 0.3) is 0 Å². The molecule has 2 aliphatic rings. The van der Waals surface area contributed by atoms with E-state index in [-0.39, 0.29) is 0 Å². The minimum atomic E-state index is 1.01. The zero-order valence-electron chi connectivity index (χ0n) is 8.55. The molecule has 0 bridgehead atoms. The normalized spacial score (nSPS) is 48.5. The number of rotatable bonds is 0. The monoisotopic (exact) mass is 166 g/mol. The van der Waals surface area contributed by atoms with E-state index in [1.54, 1.807) is 12.8 Å². The Morgan fingerprint density at radius 2 is 1.67 bits per heavy atom. The molecule has 0 radical (unpaired) electrons. The van der Waals surface area contributed by atoms with E-state index in [9.17, 15) is 0 Å². The van der Waals surface area contributed by atoms with E-state index >= 15 is 0 Å². The van der Waals surface area contributed by atoms with Gasteiger partial charge in [0.05, 0.1) is 0 Å². The first-order valence-corrected chi connectivity index (χ1v) is 5.77. The first-order chi connectivity index (χ1) is 5.77. The Labute approximate surface area is 76.7 Å². The third-order valence-electron chi connectivity index (χ3n) is 4.18. The van der Waals surface area contributed by atoms with Crippen LogP contribution < -0.4 is 0 Å². The smallest absolute Gasteiger partial charge is 0.0360 e. The molecule has 2 fully saturated rings. The second kappa shape index (κ2) is 3.40. The molecule has 0 N–H and O–H groups in total. The third-order valence-corrected chi connectivity index (χ3v) is 4.18. The SMILES string of the molecule is C[C@@H]1C[C@@H]2CCCC[C@H]2[C@@H](C)C1. The predicted molar refractivity (Wildman–Crippen MR) is 53.0 cm³/mol. The lowest BCUT2D eigenvalue weighted by molar-refractivity contribution is 0.0827. The summed E-state index contributed by atoms with van der Waals surface area (Å²) in [5.74, 6) is 4.26. The van der Waals surface area contributed by atoms with Crippen LogP contribution in [0.3, 0.4) is 0 Å². The molecule has 2 saturated carbocycles. The summed E-state index contributed by atoms with van der Waals surface area (Å²) in [7, 11) is 0. The van der Waals surface area contributed by atoms with Gasteiger partial charge in [-0.2, -0.15) is 0 Å². The van der Waals surface area contributed by atoms with Crippen LogP contribution in [0, 0.1) is 23.7 Å². The maximum atomic E-state index is 2.48. The Morgan fingerprint density at radius 1 is 0.917 bits per heavy atom. The summed E-state index contributed by atoms with van der Waals surface area (Å²) in [5, 5.41) is 0. The molecule has 12 heavy (non-hydrogen) atoms. The highest BCUT2D eigenvalue weighted by Crippen LogP contribution is 2.45. The van der Waals surface area contributed by atoms with Gasteiger partial charge >= 0.3 is 0 Å². The summed E-state index contributed by atoms with van der Waals surface area (Å²) in [6.07, 6.45) is 9.15. The van der Waals surface area contributed by atoms with Crippen LogP contribution in [0.15, 0.2) is 0 Å². The molecule has 0 unspecified atom stereocenters. The predicted octanol–water partition coefficient (Wildman–Crippen LogP) is 3.86. The van der Waals surface area contributed by atoms with Crippen molar-refractivity contribution in [3.63, 3.8) is 0 Å². The maximum absolute atomic E-state index is 2.48. The fraction of sp³-hybridized carbons (Fsp3) is 1.00. The Morgan fingerprint density at radius 3 is 2.50 bits per heavy atom. The molecule has 0 aromatic heterocycles. The molecular formula is C12H22. The molecule has 0 heterocycles. The Hall–Kier alpha value is 0. The van der Waals surface area contributed by atoms with Crippen LogP contribution >= 0.6 is 0 Å². The molecule has 0 heteroatoms. The Kier molecular flexibility index (Phi) is 2.43. The van der Waals surface area contributed by atoms with Crippen molar-refractivity contribution >= 4 is 0 Å². The summed E-state index contributed by atoms with van der Waals surface area (Å²) in [4.78, 5) is 0. The molecule has 0 aliphatic heterocycles. The summed E-state index contributed by atoms with van der Waals surface area (Å²) in [6, 6.07) is 0. The average molecular weight is 166 g/mol. The lowest BCUT2D eigenvalue weighted by Crippen LogP contribution is -2.32. The summed E-state index contributed by atoms with van der Waals surface area (Å²) < 4.78 is 0. The zero-order valence-corrected chi connectivity index (χ0v) is 8.55. The first kappa shape index (κ1) is 8.59. The standard InChI is InChI=1S/C12H22/c1-9-7-10(2)12-6-4-3-5-11(12)8-9/h9-12H,3-8H2,1-2H3/t9-,10-,11-,12-/m0/s1. The van der Waals surface area contributed by atoms with E-state index < -0.39 is 0 Å². The number of hydrogen-bond acceptors (Lipinski definition) is 0. The molecule has 2 rings (SSSR count). The lowest BCUT2D eigenvalue weighted by atomic mass is 9.63. The molecule has 0 nitrogen and oxygen atoms in total. The molecule has 0 aromatic rings. The van der Waals surface area contributed by atoms with Crippen molar-refractivity contribution in [1.29, 1.82) is 0 Å². The van der Waals surface area contributed by atoms with Gasteiger partial charge in [-0.25, -0.2) is 0 Å². The molecule has 4 atom stereocenters. The van der Waals surface area contributed by atoms with Crippen molar-refractivity contribution in [3.05, 3.63) is 0 Å². The van der Waals surface area contributed by atoms with Crippen LogP contribution in [0.2, 0.25) is 0 Å². The van der Waals surface area contributed by atoms with Crippen molar-refractivity contribution in [1.82, 2.24) is 0 Å². The molecule has 0 saturated heterocycles. The summed E-state index contributed by atoms with van der Waals surface area (Å²) >= 11 is 0. The highest BCUT2D eigenvalue weighted by Gasteiger charge is 2.34. The van der Waals surface area contributed by atoms with Crippen LogP contribution in [0.4, 0.5) is 0 Å². The minimum absolute atomic E-state index is 1.01. The van der Waals surface area contributed by atoms with Gasteiger partial charge in [-0.05, 0) is 42.9 Å². The Bertz CT molecular complexity index is 150. The molecule has 0 aromatic carbocycles. The van der Waals surface area contributed by atoms with Gasteiger partial charge in [0.2, 0.25) is 0 Å². The Balaban J connectivity index is 2.01. The van der Waals surface area contributed by atoms with Gasteiger partial charge in [-0.15, -0.1) is 0 Å². The number of fused-ring (bicyclic) bond motifs is 1. The van der Waals surface area contributed by atoms with Crippen LogP contribution in [0.1, 0.15) is 52.4 Å². The maximum Gasteiger partial charge on any atom is -0.0360 e. The van der Waals surface area contributed by atoms with Crippen molar-refractivity contribution in [2.24, 2.45) is 23.7 Å². The van der Waals surface area contributed by atoms with Gasteiger partial charge < -0.3 is 0 Å². The molecule has 2 aliphatic carbocycles. The molecule has 70 valence electrons. The van der Waals surface area contributed by atoms with Crippen LogP contribution in [0.5, 0.6) is 0 Å². The second-order valence-corrected chi connectivity index (χ2v) is 5.26. The van der Waals surface area contributed by atoms with Crippen LogP contribution in [0.25, 0.3) is 0 Å². The van der Waals surface area contributed by atoms with Crippen LogP contribution in [-0.4, -0.2) is 0 Å². The van der Waals surface area contributed by atoms with E-state index in [0.29, 0.717) is 0 Å². The molecule has 0 spiro atoms. The fourth-order valence-electron chi connectivity index (χ4n) is 3.70. The van der Waals surface area contributed by atoms with Gasteiger partial charge in [-0.1, -0.05) is 33.1 Å². The van der Waals surface area contributed by atoms with Gasteiger partial charge in [0.15, 0.2) is 0 Å². The van der Waals surface area contributed by atoms with Crippen molar-refractivity contribution < 1.29 is 0 Å². The topological polar surface area (TPSA) is 0 Å². The summed E-state index contributed by atoms with van der Waals surface area (Å²) in [6.45, 7) is 4.93. The molecular weight excluding hydrogens is 144 g/mol. The minimum Gasteiger partial charge on any atom is -0.0625 e. The average Bonchev–Trinajstić information content (AvgIpc) is 2.04. The lowest BCUT2D eigenvalue weighted by Gasteiger charge is -2.42. The van der Waals surface area contributed by atoms with Gasteiger partial charge in [-0.3, -0.25) is 0 Å². The van der Waals surface area contributed by atoms with Crippen molar-refractivity contribution in [2.75, 3.05) is 0 Å². The zero-order chi connectivity index (χ0) is 8.55.